The van der Waals surface area contributed by atoms with E-state index in [9.17, 15) is 14.6 Å². The second-order valence-electron chi connectivity index (χ2n) is 4.73. The maximum absolute atomic E-state index is 12.6. The highest BCUT2D eigenvalue weighted by Gasteiger charge is 2.31. The molecular weight excluding hydrogens is 235 g/mol. The fourth-order valence-electron chi connectivity index (χ4n) is 2.46. The van der Waals surface area contributed by atoms with E-state index >= 15 is 0 Å². The molecule has 0 saturated carbocycles. The molecule has 1 aliphatic heterocycles. The molecule has 0 spiro atoms. The number of hydrogen-bond acceptors (Lipinski definition) is 4. The number of aryl methyl sites for hydroxylation is 1. The first-order valence-corrected chi connectivity index (χ1v) is 6.34. The Morgan fingerprint density at radius 3 is 2.94 bits per heavy atom. The van der Waals surface area contributed by atoms with Gasteiger partial charge >= 0.3 is 0 Å². The molecule has 2 unspecified atom stereocenters. The summed E-state index contributed by atoms with van der Waals surface area (Å²) >= 11 is 0. The van der Waals surface area contributed by atoms with Crippen LogP contribution in [-0.4, -0.2) is 51.9 Å². The zero-order valence-corrected chi connectivity index (χ0v) is 10.3. The fraction of sp³-hybridized carbons (Fsp3) is 0.615. The maximum atomic E-state index is 12.6. The van der Waals surface area contributed by atoms with Crippen molar-refractivity contribution in [1.82, 2.24) is 9.88 Å². The average molecular weight is 254 g/mol. The number of pyridine rings is 1. The van der Waals surface area contributed by atoms with Crippen molar-refractivity contribution < 1.29 is 14.6 Å². The van der Waals surface area contributed by atoms with E-state index in [0.29, 0.717) is 0 Å². The van der Waals surface area contributed by atoms with Crippen LogP contribution in [0.4, 0.5) is 4.39 Å². The molecule has 2 rings (SSSR count). The lowest BCUT2D eigenvalue weighted by atomic mass is 10.1. The molecular formula is C13H19FN2O2. The van der Waals surface area contributed by atoms with Crippen LogP contribution in [0.25, 0.3) is 0 Å². The molecule has 4 nitrogen and oxygen atoms in total. The van der Waals surface area contributed by atoms with Crippen LogP contribution in [0.2, 0.25) is 0 Å². The molecule has 0 radical (unpaired) electrons. The van der Waals surface area contributed by atoms with Gasteiger partial charge in [-0.2, -0.15) is 4.39 Å². The van der Waals surface area contributed by atoms with Gasteiger partial charge in [0.15, 0.2) is 0 Å². The van der Waals surface area contributed by atoms with Crippen LogP contribution in [0.3, 0.4) is 0 Å². The summed E-state index contributed by atoms with van der Waals surface area (Å²) < 4.78 is 12.6. The number of likely N-dealkylation sites (tertiary alicyclic amines) is 1. The SMILES string of the molecule is OCC1C(O)CCN1CCCc1ccc(F)nc1. The van der Waals surface area contributed by atoms with E-state index in [2.05, 4.69) is 9.88 Å². The number of halogens is 1. The Kier molecular flexibility index (Phi) is 4.63. The summed E-state index contributed by atoms with van der Waals surface area (Å²) in [6.07, 6.45) is 3.61. The minimum absolute atomic E-state index is 0.000724. The van der Waals surface area contributed by atoms with Gasteiger partial charge in [-0.15, -0.1) is 0 Å². The van der Waals surface area contributed by atoms with Gasteiger partial charge in [0.25, 0.3) is 0 Å². The molecule has 5 heteroatoms. The fourth-order valence-corrected chi connectivity index (χ4v) is 2.46. The first-order valence-electron chi connectivity index (χ1n) is 6.34. The zero-order valence-electron chi connectivity index (χ0n) is 10.3. The van der Waals surface area contributed by atoms with Crippen molar-refractivity contribution in [2.24, 2.45) is 0 Å². The minimum atomic E-state index is -0.457. The average Bonchev–Trinajstić information content (AvgIpc) is 2.72. The molecule has 1 aliphatic rings. The van der Waals surface area contributed by atoms with Crippen molar-refractivity contribution in [2.45, 2.75) is 31.4 Å². The van der Waals surface area contributed by atoms with E-state index in [0.717, 1.165) is 37.9 Å². The Bertz CT molecular complexity index is 372. The number of aromatic nitrogens is 1. The van der Waals surface area contributed by atoms with E-state index in [1.165, 1.54) is 6.07 Å². The lowest BCUT2D eigenvalue weighted by Crippen LogP contribution is -2.38. The van der Waals surface area contributed by atoms with Gasteiger partial charge in [-0.05, 0) is 37.4 Å². The molecule has 1 saturated heterocycles. The molecule has 2 atom stereocenters. The molecule has 0 bridgehead atoms. The van der Waals surface area contributed by atoms with E-state index < -0.39 is 12.1 Å². The van der Waals surface area contributed by atoms with Crippen molar-refractivity contribution in [3.63, 3.8) is 0 Å². The molecule has 0 amide bonds. The van der Waals surface area contributed by atoms with Crippen LogP contribution in [0.5, 0.6) is 0 Å². The molecule has 1 fully saturated rings. The smallest absolute Gasteiger partial charge is 0.212 e. The highest BCUT2D eigenvalue weighted by Crippen LogP contribution is 2.18. The van der Waals surface area contributed by atoms with E-state index in [1.54, 1.807) is 12.3 Å². The van der Waals surface area contributed by atoms with Crippen LogP contribution in [-0.2, 0) is 6.42 Å². The van der Waals surface area contributed by atoms with Crippen LogP contribution in [0, 0.1) is 5.95 Å². The Morgan fingerprint density at radius 1 is 1.44 bits per heavy atom. The number of aliphatic hydroxyl groups is 2. The molecule has 1 aromatic heterocycles. The summed E-state index contributed by atoms with van der Waals surface area (Å²) in [5, 5.41) is 18.9. The Morgan fingerprint density at radius 2 is 2.28 bits per heavy atom. The van der Waals surface area contributed by atoms with Gasteiger partial charge in [-0.3, -0.25) is 4.90 Å². The number of aliphatic hydroxyl groups excluding tert-OH is 2. The molecule has 0 aliphatic carbocycles. The highest BCUT2D eigenvalue weighted by atomic mass is 19.1. The number of hydrogen-bond donors (Lipinski definition) is 2. The molecule has 100 valence electrons. The van der Waals surface area contributed by atoms with E-state index in [4.69, 9.17) is 0 Å². The zero-order chi connectivity index (χ0) is 13.0. The lowest BCUT2D eigenvalue weighted by Gasteiger charge is -2.24. The highest BCUT2D eigenvalue weighted by molar-refractivity contribution is 5.09. The van der Waals surface area contributed by atoms with Crippen LogP contribution in [0.1, 0.15) is 18.4 Å². The molecule has 0 aromatic carbocycles. The maximum Gasteiger partial charge on any atom is 0.212 e. The monoisotopic (exact) mass is 254 g/mol. The van der Waals surface area contributed by atoms with Gasteiger partial charge in [0.2, 0.25) is 5.95 Å². The van der Waals surface area contributed by atoms with Crippen LogP contribution >= 0.6 is 0 Å². The van der Waals surface area contributed by atoms with Gasteiger partial charge in [0.1, 0.15) is 0 Å². The van der Waals surface area contributed by atoms with Crippen molar-refractivity contribution >= 4 is 0 Å². The predicted molar refractivity (Wildman–Crippen MR) is 65.6 cm³/mol. The third-order valence-electron chi connectivity index (χ3n) is 3.51. The second kappa shape index (κ2) is 6.22. The van der Waals surface area contributed by atoms with Crippen molar-refractivity contribution in [3.8, 4) is 0 Å². The van der Waals surface area contributed by atoms with Gasteiger partial charge in [-0.1, -0.05) is 6.07 Å². The first-order chi connectivity index (χ1) is 8.70. The quantitative estimate of drug-likeness (QED) is 0.755. The molecule has 1 aromatic rings. The first kappa shape index (κ1) is 13.4. The van der Waals surface area contributed by atoms with Gasteiger partial charge in [0.05, 0.1) is 18.8 Å². The number of nitrogens with zero attached hydrogens (tertiary/aromatic N) is 2. The predicted octanol–water partition coefficient (Wildman–Crippen LogP) is 0.581. The summed E-state index contributed by atoms with van der Waals surface area (Å²) in [5.74, 6) is -0.457. The lowest BCUT2D eigenvalue weighted by molar-refractivity contribution is 0.0710. The molecule has 18 heavy (non-hydrogen) atoms. The minimum Gasteiger partial charge on any atom is -0.395 e. The summed E-state index contributed by atoms with van der Waals surface area (Å²) in [7, 11) is 0. The summed E-state index contributed by atoms with van der Waals surface area (Å²) in [6, 6.07) is 2.98. The Hall–Kier alpha value is -1.04. The Labute approximate surface area is 106 Å². The standard InChI is InChI=1S/C13H19FN2O2/c14-13-4-3-10(8-15-13)2-1-6-16-7-5-12(18)11(16)9-17/h3-4,8,11-12,17-18H,1-2,5-7,9H2. The largest absolute Gasteiger partial charge is 0.395 e. The normalized spacial score (nSPS) is 24.6. The molecule has 2 N–H and O–H groups in total. The third-order valence-corrected chi connectivity index (χ3v) is 3.51. The van der Waals surface area contributed by atoms with Crippen molar-refractivity contribution in [2.75, 3.05) is 19.7 Å². The Balaban J connectivity index is 1.77. The van der Waals surface area contributed by atoms with Crippen molar-refractivity contribution in [3.05, 3.63) is 29.8 Å². The van der Waals surface area contributed by atoms with E-state index in [1.807, 2.05) is 0 Å². The van der Waals surface area contributed by atoms with Gasteiger partial charge in [-0.25, -0.2) is 4.98 Å². The molecule has 2 heterocycles. The van der Waals surface area contributed by atoms with E-state index in [-0.39, 0.29) is 12.6 Å². The summed E-state index contributed by atoms with van der Waals surface area (Å²) in [4.78, 5) is 5.73. The van der Waals surface area contributed by atoms with Crippen LogP contribution < -0.4 is 0 Å². The van der Waals surface area contributed by atoms with Crippen molar-refractivity contribution in [1.29, 1.82) is 0 Å². The number of rotatable bonds is 5. The van der Waals surface area contributed by atoms with Gasteiger partial charge < -0.3 is 10.2 Å². The topological polar surface area (TPSA) is 56.6 Å². The second-order valence-corrected chi connectivity index (χ2v) is 4.73. The summed E-state index contributed by atoms with van der Waals surface area (Å²) in [5.41, 5.74) is 1.01. The van der Waals surface area contributed by atoms with Gasteiger partial charge in [0, 0.05) is 12.7 Å². The third kappa shape index (κ3) is 3.25. The summed E-state index contributed by atoms with van der Waals surface area (Å²) in [6.45, 7) is 1.66. The van der Waals surface area contributed by atoms with Crippen LogP contribution in [0.15, 0.2) is 18.3 Å².